The Morgan fingerprint density at radius 1 is 1.24 bits per heavy atom. The van der Waals surface area contributed by atoms with Crippen LogP contribution in [0.25, 0.3) is 0 Å². The van der Waals surface area contributed by atoms with Crippen molar-refractivity contribution in [2.45, 2.75) is 56.7 Å². The summed E-state index contributed by atoms with van der Waals surface area (Å²) < 4.78 is 4.60. The summed E-state index contributed by atoms with van der Waals surface area (Å²) in [6.45, 7) is 1.36. The monoisotopic (exact) mass is 295 g/mol. The number of piperidine rings is 1. The van der Waals surface area contributed by atoms with Gasteiger partial charge in [0, 0.05) is 31.6 Å². The molecule has 3 aliphatic rings. The van der Waals surface area contributed by atoms with E-state index >= 15 is 0 Å². The van der Waals surface area contributed by atoms with E-state index < -0.39 is 6.09 Å². The van der Waals surface area contributed by atoms with Crippen molar-refractivity contribution in [1.82, 2.24) is 15.5 Å². The molecule has 2 amide bonds. The Bertz CT molecular complexity index is 403. The molecule has 0 spiro atoms. The van der Waals surface area contributed by atoms with E-state index in [-0.39, 0.29) is 11.9 Å². The van der Waals surface area contributed by atoms with Crippen LogP contribution in [-0.2, 0) is 9.53 Å². The maximum atomic E-state index is 12.4. The first-order valence-corrected chi connectivity index (χ1v) is 8.02. The lowest BCUT2D eigenvalue weighted by molar-refractivity contribution is -0.131. The zero-order valence-electron chi connectivity index (χ0n) is 12.6. The third kappa shape index (κ3) is 3.48. The summed E-state index contributed by atoms with van der Waals surface area (Å²) >= 11 is 0. The Hall–Kier alpha value is -1.30. The second-order valence-corrected chi connectivity index (χ2v) is 6.64. The fourth-order valence-electron chi connectivity index (χ4n) is 4.05. The molecule has 3 saturated heterocycles. The average molecular weight is 295 g/mol. The van der Waals surface area contributed by atoms with E-state index in [0.29, 0.717) is 31.0 Å². The predicted octanol–water partition coefficient (Wildman–Crippen LogP) is 0.864. The molecule has 0 aromatic rings. The second-order valence-electron chi connectivity index (χ2n) is 6.64. The molecule has 21 heavy (non-hydrogen) atoms. The Morgan fingerprint density at radius 2 is 1.95 bits per heavy atom. The smallest absolute Gasteiger partial charge is 0.407 e. The quantitative estimate of drug-likeness (QED) is 0.810. The van der Waals surface area contributed by atoms with E-state index in [4.69, 9.17) is 0 Å². The van der Waals surface area contributed by atoms with Crippen molar-refractivity contribution in [2.75, 3.05) is 20.2 Å². The van der Waals surface area contributed by atoms with Gasteiger partial charge < -0.3 is 20.3 Å². The molecule has 0 aromatic heterocycles. The number of alkyl carbamates (subject to hydrolysis) is 1. The number of carbonyl (C=O) groups is 2. The van der Waals surface area contributed by atoms with E-state index in [1.54, 1.807) is 0 Å². The van der Waals surface area contributed by atoms with Gasteiger partial charge in [0.25, 0.3) is 0 Å². The Balaban J connectivity index is 1.45. The summed E-state index contributed by atoms with van der Waals surface area (Å²) in [5.74, 6) is 0.777. The SMILES string of the molecule is COC(=O)NC1CCN(C(=O)CC2CC3CCC(C2)N3)C1. The number of ether oxygens (including phenoxy) is 1. The zero-order chi connectivity index (χ0) is 14.8. The lowest BCUT2D eigenvalue weighted by Gasteiger charge is -2.29. The van der Waals surface area contributed by atoms with Crippen molar-refractivity contribution in [3.63, 3.8) is 0 Å². The van der Waals surface area contributed by atoms with Crippen LogP contribution in [0.15, 0.2) is 0 Å². The molecule has 3 heterocycles. The van der Waals surface area contributed by atoms with E-state index in [1.165, 1.54) is 20.0 Å². The number of hydrogen-bond donors (Lipinski definition) is 2. The van der Waals surface area contributed by atoms with E-state index in [0.717, 1.165) is 25.8 Å². The average Bonchev–Trinajstić information content (AvgIpc) is 3.05. The van der Waals surface area contributed by atoms with Gasteiger partial charge in [-0.15, -0.1) is 0 Å². The molecule has 0 saturated carbocycles. The first-order chi connectivity index (χ1) is 10.1. The van der Waals surface area contributed by atoms with Gasteiger partial charge in [-0.2, -0.15) is 0 Å². The van der Waals surface area contributed by atoms with Crippen molar-refractivity contribution < 1.29 is 14.3 Å². The number of hydrogen-bond acceptors (Lipinski definition) is 4. The standard InChI is InChI=1S/C15H25N3O3/c1-21-15(20)17-13-4-5-18(9-13)14(19)8-10-6-11-2-3-12(7-10)16-11/h10-13,16H,2-9H2,1H3,(H,17,20). The number of rotatable bonds is 3. The Morgan fingerprint density at radius 3 is 2.62 bits per heavy atom. The predicted molar refractivity (Wildman–Crippen MR) is 77.8 cm³/mol. The summed E-state index contributed by atoms with van der Waals surface area (Å²) in [6.07, 6.45) is 5.89. The number of methoxy groups -OCH3 is 1. The van der Waals surface area contributed by atoms with Crippen LogP contribution >= 0.6 is 0 Å². The van der Waals surface area contributed by atoms with Gasteiger partial charge in [0.15, 0.2) is 0 Å². The van der Waals surface area contributed by atoms with Crippen LogP contribution in [-0.4, -0.2) is 55.2 Å². The molecule has 3 atom stereocenters. The molecule has 0 aliphatic carbocycles. The molecule has 2 N–H and O–H groups in total. The van der Waals surface area contributed by atoms with Crippen molar-refractivity contribution in [3.8, 4) is 0 Å². The molecular weight excluding hydrogens is 270 g/mol. The molecular formula is C15H25N3O3. The molecule has 6 nitrogen and oxygen atoms in total. The minimum atomic E-state index is -0.413. The highest BCUT2D eigenvalue weighted by molar-refractivity contribution is 5.77. The summed E-state index contributed by atoms with van der Waals surface area (Å²) in [5.41, 5.74) is 0. The fraction of sp³-hybridized carbons (Fsp3) is 0.867. The number of nitrogens with one attached hydrogen (secondary N) is 2. The minimum absolute atomic E-state index is 0.0330. The van der Waals surface area contributed by atoms with Crippen LogP contribution in [0.1, 0.15) is 38.5 Å². The highest BCUT2D eigenvalue weighted by Gasteiger charge is 2.36. The number of likely N-dealkylation sites (tertiary alicyclic amines) is 1. The van der Waals surface area contributed by atoms with E-state index in [1.807, 2.05) is 4.90 Å². The molecule has 3 aliphatic heterocycles. The van der Waals surface area contributed by atoms with Crippen LogP contribution in [0.3, 0.4) is 0 Å². The molecule has 2 bridgehead atoms. The highest BCUT2D eigenvalue weighted by atomic mass is 16.5. The molecule has 3 rings (SSSR count). The van der Waals surface area contributed by atoms with Gasteiger partial charge in [0.2, 0.25) is 5.91 Å². The van der Waals surface area contributed by atoms with Gasteiger partial charge in [-0.3, -0.25) is 4.79 Å². The van der Waals surface area contributed by atoms with E-state index in [9.17, 15) is 9.59 Å². The summed E-state index contributed by atoms with van der Waals surface area (Å²) in [6, 6.07) is 1.30. The maximum absolute atomic E-state index is 12.4. The number of fused-ring (bicyclic) bond motifs is 2. The summed E-state index contributed by atoms with van der Waals surface area (Å²) in [5, 5.41) is 6.39. The minimum Gasteiger partial charge on any atom is -0.453 e. The third-order valence-corrected chi connectivity index (χ3v) is 5.08. The number of nitrogens with zero attached hydrogens (tertiary/aromatic N) is 1. The third-order valence-electron chi connectivity index (χ3n) is 5.08. The van der Waals surface area contributed by atoms with Gasteiger partial charge in [0.1, 0.15) is 0 Å². The van der Waals surface area contributed by atoms with Crippen molar-refractivity contribution in [2.24, 2.45) is 5.92 Å². The number of carbonyl (C=O) groups excluding carboxylic acids is 2. The second kappa shape index (κ2) is 6.22. The Kier molecular flexibility index (Phi) is 4.33. The first-order valence-electron chi connectivity index (χ1n) is 8.02. The lowest BCUT2D eigenvalue weighted by atomic mass is 9.89. The van der Waals surface area contributed by atoms with Gasteiger partial charge in [0.05, 0.1) is 13.2 Å². The van der Waals surface area contributed by atoms with Crippen molar-refractivity contribution >= 4 is 12.0 Å². The van der Waals surface area contributed by atoms with Crippen LogP contribution in [0.4, 0.5) is 4.79 Å². The topological polar surface area (TPSA) is 70.7 Å². The molecule has 0 aromatic carbocycles. The van der Waals surface area contributed by atoms with Crippen LogP contribution in [0, 0.1) is 5.92 Å². The van der Waals surface area contributed by atoms with Crippen LogP contribution in [0.5, 0.6) is 0 Å². The van der Waals surface area contributed by atoms with Crippen molar-refractivity contribution in [1.29, 1.82) is 0 Å². The molecule has 6 heteroatoms. The molecule has 3 fully saturated rings. The lowest BCUT2D eigenvalue weighted by Crippen LogP contribution is -2.41. The van der Waals surface area contributed by atoms with Crippen LogP contribution in [0.2, 0.25) is 0 Å². The van der Waals surface area contributed by atoms with Crippen molar-refractivity contribution in [3.05, 3.63) is 0 Å². The molecule has 3 unspecified atom stereocenters. The number of amides is 2. The first kappa shape index (κ1) is 14.6. The largest absolute Gasteiger partial charge is 0.453 e. The van der Waals surface area contributed by atoms with Gasteiger partial charge >= 0.3 is 6.09 Å². The summed E-state index contributed by atoms with van der Waals surface area (Å²) in [4.78, 5) is 25.5. The molecule has 118 valence electrons. The normalized spacial score (nSPS) is 34.8. The fourth-order valence-corrected chi connectivity index (χ4v) is 4.05. The van der Waals surface area contributed by atoms with Gasteiger partial charge in [-0.05, 0) is 38.0 Å². The maximum Gasteiger partial charge on any atom is 0.407 e. The molecule has 0 radical (unpaired) electrons. The van der Waals surface area contributed by atoms with Gasteiger partial charge in [-0.1, -0.05) is 0 Å². The van der Waals surface area contributed by atoms with Crippen LogP contribution < -0.4 is 10.6 Å². The zero-order valence-corrected chi connectivity index (χ0v) is 12.6. The van der Waals surface area contributed by atoms with Gasteiger partial charge in [-0.25, -0.2) is 4.79 Å². The highest BCUT2D eigenvalue weighted by Crippen LogP contribution is 2.33. The summed E-state index contributed by atoms with van der Waals surface area (Å²) in [7, 11) is 1.36. The van der Waals surface area contributed by atoms with E-state index in [2.05, 4.69) is 15.4 Å². The Labute approximate surface area is 125 Å².